The fourth-order valence-corrected chi connectivity index (χ4v) is 3.06. The molecule has 0 amide bonds. The second-order valence-corrected chi connectivity index (χ2v) is 6.10. The van der Waals surface area contributed by atoms with Crippen LogP contribution in [0.2, 0.25) is 0 Å². The van der Waals surface area contributed by atoms with Gasteiger partial charge in [0.05, 0.1) is 20.4 Å². The van der Waals surface area contributed by atoms with Crippen LogP contribution in [0.25, 0.3) is 0 Å². The first kappa shape index (κ1) is 15.3. The van der Waals surface area contributed by atoms with E-state index in [0.717, 1.165) is 0 Å². The number of nitrogens with zero attached hydrogens (tertiary/aromatic N) is 1. The molecule has 1 unspecified atom stereocenters. The summed E-state index contributed by atoms with van der Waals surface area (Å²) in [5.74, 6) is 1.21. The highest BCUT2D eigenvalue weighted by molar-refractivity contribution is 7.89. The molecule has 0 bridgehead atoms. The van der Waals surface area contributed by atoms with E-state index in [2.05, 4.69) is 14.9 Å². The van der Waals surface area contributed by atoms with Gasteiger partial charge in [-0.1, -0.05) is 0 Å². The van der Waals surface area contributed by atoms with Gasteiger partial charge in [0.25, 0.3) is 0 Å². The van der Waals surface area contributed by atoms with Crippen LogP contribution < -0.4 is 14.2 Å². The van der Waals surface area contributed by atoms with Crippen molar-refractivity contribution in [1.82, 2.24) is 14.9 Å². The van der Waals surface area contributed by atoms with Gasteiger partial charge in [-0.05, 0) is 25.1 Å². The number of sulfonamides is 1. The summed E-state index contributed by atoms with van der Waals surface area (Å²) in [4.78, 5) is 0.0798. The smallest absolute Gasteiger partial charge is 0.244 e. The normalized spacial score (nSPS) is 12.9. The van der Waals surface area contributed by atoms with Crippen LogP contribution in [0.3, 0.4) is 0 Å². The lowest BCUT2D eigenvalue weighted by molar-refractivity contribution is 0.395. The van der Waals surface area contributed by atoms with Crippen molar-refractivity contribution < 1.29 is 17.9 Å². The molecule has 0 fully saturated rings. The summed E-state index contributed by atoms with van der Waals surface area (Å²) >= 11 is 0. The number of methoxy groups -OCH3 is 2. The van der Waals surface area contributed by atoms with Crippen LogP contribution in [-0.4, -0.2) is 32.8 Å². The third-order valence-corrected chi connectivity index (χ3v) is 4.53. The summed E-state index contributed by atoms with van der Waals surface area (Å²) in [6, 6.07) is 4.73. The number of hydrogen-bond donors (Lipinski definition) is 2. The molecule has 0 aliphatic carbocycles. The molecule has 1 heterocycles. The van der Waals surface area contributed by atoms with Crippen molar-refractivity contribution in [3.05, 3.63) is 36.2 Å². The minimum absolute atomic E-state index is 0.0798. The largest absolute Gasteiger partial charge is 0.497 e. The zero-order chi connectivity index (χ0) is 15.5. The Morgan fingerprint density at radius 3 is 2.62 bits per heavy atom. The molecule has 2 rings (SSSR count). The zero-order valence-corrected chi connectivity index (χ0v) is 12.8. The lowest BCUT2D eigenvalue weighted by Crippen LogP contribution is -2.27. The molecule has 8 heteroatoms. The molecular weight excluding hydrogens is 294 g/mol. The molecule has 2 aromatic rings. The van der Waals surface area contributed by atoms with E-state index in [1.165, 1.54) is 19.5 Å². The van der Waals surface area contributed by atoms with E-state index in [1.807, 2.05) is 0 Å². The second kappa shape index (κ2) is 6.15. The predicted molar refractivity (Wildman–Crippen MR) is 76.9 cm³/mol. The number of benzene rings is 1. The van der Waals surface area contributed by atoms with E-state index in [0.29, 0.717) is 17.1 Å². The second-order valence-electron chi connectivity index (χ2n) is 4.38. The molecule has 21 heavy (non-hydrogen) atoms. The van der Waals surface area contributed by atoms with Gasteiger partial charge in [0.2, 0.25) is 10.0 Å². The Hall–Kier alpha value is -2.06. The molecule has 0 saturated heterocycles. The Morgan fingerprint density at radius 2 is 2.05 bits per heavy atom. The molecule has 0 saturated carbocycles. The van der Waals surface area contributed by atoms with E-state index in [-0.39, 0.29) is 4.90 Å². The number of rotatable bonds is 6. The number of aromatic amines is 1. The molecule has 7 nitrogen and oxygen atoms in total. The standard InChI is InChI=1S/C13H17N3O4S/c1-9(16-21(17,18)11-7-14-15-8-11)12-6-10(19-2)4-5-13(12)20-3/h4-9,16H,1-3H3,(H,14,15). The lowest BCUT2D eigenvalue weighted by Gasteiger charge is -2.17. The first-order valence-electron chi connectivity index (χ1n) is 6.21. The fourth-order valence-electron chi connectivity index (χ4n) is 1.93. The van der Waals surface area contributed by atoms with Crippen LogP contribution in [0.5, 0.6) is 11.5 Å². The SMILES string of the molecule is COc1ccc(OC)c(C(C)NS(=O)(=O)c2cn[nH]c2)c1. The van der Waals surface area contributed by atoms with Crippen molar-refractivity contribution in [2.45, 2.75) is 17.9 Å². The van der Waals surface area contributed by atoms with Gasteiger partial charge in [0, 0.05) is 17.8 Å². The number of H-pyrrole nitrogens is 1. The maximum atomic E-state index is 12.2. The van der Waals surface area contributed by atoms with Crippen molar-refractivity contribution in [1.29, 1.82) is 0 Å². The Labute approximate surface area is 123 Å². The Balaban J connectivity index is 2.30. The van der Waals surface area contributed by atoms with Gasteiger partial charge in [-0.2, -0.15) is 5.10 Å². The Kier molecular flexibility index (Phi) is 4.49. The number of ether oxygens (including phenoxy) is 2. The van der Waals surface area contributed by atoms with Crippen molar-refractivity contribution >= 4 is 10.0 Å². The zero-order valence-electron chi connectivity index (χ0n) is 12.0. The summed E-state index contributed by atoms with van der Waals surface area (Å²) in [5, 5.41) is 6.12. The van der Waals surface area contributed by atoms with Crippen molar-refractivity contribution in [2.24, 2.45) is 0 Å². The van der Waals surface area contributed by atoms with E-state index in [9.17, 15) is 8.42 Å². The van der Waals surface area contributed by atoms with Gasteiger partial charge in [-0.25, -0.2) is 13.1 Å². The Morgan fingerprint density at radius 1 is 1.29 bits per heavy atom. The van der Waals surface area contributed by atoms with E-state index >= 15 is 0 Å². The van der Waals surface area contributed by atoms with Crippen LogP contribution >= 0.6 is 0 Å². The third-order valence-electron chi connectivity index (χ3n) is 3.02. The van der Waals surface area contributed by atoms with Crippen molar-refractivity contribution in [3.8, 4) is 11.5 Å². The van der Waals surface area contributed by atoms with Gasteiger partial charge in [0.15, 0.2) is 0 Å². The van der Waals surface area contributed by atoms with Gasteiger partial charge >= 0.3 is 0 Å². The molecule has 1 aromatic heterocycles. The highest BCUT2D eigenvalue weighted by Crippen LogP contribution is 2.30. The van der Waals surface area contributed by atoms with Crippen molar-refractivity contribution in [2.75, 3.05) is 14.2 Å². The molecule has 1 aromatic carbocycles. The molecule has 114 valence electrons. The molecular formula is C13H17N3O4S. The molecule has 0 spiro atoms. The first-order chi connectivity index (χ1) is 9.97. The minimum atomic E-state index is -3.65. The number of hydrogen-bond acceptors (Lipinski definition) is 5. The highest BCUT2D eigenvalue weighted by Gasteiger charge is 2.21. The van der Waals surface area contributed by atoms with Gasteiger partial charge in [0.1, 0.15) is 16.4 Å². The van der Waals surface area contributed by atoms with Crippen LogP contribution in [0.1, 0.15) is 18.5 Å². The number of aromatic nitrogens is 2. The quantitative estimate of drug-likeness (QED) is 0.842. The summed E-state index contributed by atoms with van der Waals surface area (Å²) in [7, 11) is -0.571. The minimum Gasteiger partial charge on any atom is -0.497 e. The summed E-state index contributed by atoms with van der Waals surface area (Å²) in [5.41, 5.74) is 0.684. The van der Waals surface area contributed by atoms with Gasteiger partial charge < -0.3 is 9.47 Å². The van der Waals surface area contributed by atoms with Crippen LogP contribution in [0, 0.1) is 0 Å². The highest BCUT2D eigenvalue weighted by atomic mass is 32.2. The van der Waals surface area contributed by atoms with Crippen molar-refractivity contribution in [3.63, 3.8) is 0 Å². The van der Waals surface area contributed by atoms with Crippen LogP contribution in [-0.2, 0) is 10.0 Å². The maximum absolute atomic E-state index is 12.2. The molecule has 1 atom stereocenters. The van der Waals surface area contributed by atoms with E-state index < -0.39 is 16.1 Å². The topological polar surface area (TPSA) is 93.3 Å². The fraction of sp³-hybridized carbons (Fsp3) is 0.308. The predicted octanol–water partition coefficient (Wildman–Crippen LogP) is 1.47. The average Bonchev–Trinajstić information content (AvgIpc) is 3.01. The third kappa shape index (κ3) is 3.34. The monoisotopic (exact) mass is 311 g/mol. The van der Waals surface area contributed by atoms with Gasteiger partial charge in [-0.15, -0.1) is 0 Å². The van der Waals surface area contributed by atoms with Crippen LogP contribution in [0.15, 0.2) is 35.5 Å². The number of nitrogens with one attached hydrogen (secondary N) is 2. The molecule has 0 radical (unpaired) electrons. The molecule has 0 aliphatic rings. The summed E-state index contributed by atoms with van der Waals surface area (Å²) in [6.45, 7) is 1.73. The summed E-state index contributed by atoms with van der Waals surface area (Å²) < 4.78 is 37.4. The Bertz CT molecular complexity index is 698. The first-order valence-corrected chi connectivity index (χ1v) is 7.69. The molecule has 0 aliphatic heterocycles. The summed E-state index contributed by atoms with van der Waals surface area (Å²) in [6.07, 6.45) is 2.57. The van der Waals surface area contributed by atoms with E-state index in [1.54, 1.807) is 32.2 Å². The van der Waals surface area contributed by atoms with Crippen LogP contribution in [0.4, 0.5) is 0 Å². The maximum Gasteiger partial charge on any atom is 0.244 e. The molecule has 2 N–H and O–H groups in total. The average molecular weight is 311 g/mol. The van der Waals surface area contributed by atoms with E-state index in [4.69, 9.17) is 9.47 Å². The lowest BCUT2D eigenvalue weighted by atomic mass is 10.1. The van der Waals surface area contributed by atoms with Gasteiger partial charge in [-0.3, -0.25) is 5.10 Å².